The molecule has 1 rings (SSSR count). The van der Waals surface area contributed by atoms with E-state index in [1.165, 1.54) is 12.8 Å². The molecule has 0 amide bonds. The zero-order valence-electron chi connectivity index (χ0n) is 9.84. The molecule has 0 aliphatic heterocycles. The molecular formula is C13H20BrNO. The highest BCUT2D eigenvalue weighted by atomic mass is 79.9. The first kappa shape index (κ1) is 13.5. The second-order valence-electron chi connectivity index (χ2n) is 3.97. The van der Waals surface area contributed by atoms with Gasteiger partial charge >= 0.3 is 0 Å². The number of allylic oxidation sites excluding steroid dienone is 1. The van der Waals surface area contributed by atoms with Crippen LogP contribution in [-0.4, -0.2) is 6.54 Å². The van der Waals surface area contributed by atoms with Gasteiger partial charge in [0.2, 0.25) is 0 Å². The fourth-order valence-electron chi connectivity index (χ4n) is 1.69. The van der Waals surface area contributed by atoms with E-state index in [0.717, 1.165) is 35.9 Å². The Morgan fingerprint density at radius 3 is 2.94 bits per heavy atom. The van der Waals surface area contributed by atoms with Crippen molar-refractivity contribution in [3.63, 3.8) is 0 Å². The number of nitrogens with one attached hydrogen (secondary N) is 1. The summed E-state index contributed by atoms with van der Waals surface area (Å²) in [6.45, 7) is 7.85. The second-order valence-corrected chi connectivity index (χ2v) is 4.75. The van der Waals surface area contributed by atoms with E-state index in [1.54, 1.807) is 0 Å². The molecule has 0 radical (unpaired) electrons. The van der Waals surface area contributed by atoms with Crippen molar-refractivity contribution in [1.82, 2.24) is 5.32 Å². The van der Waals surface area contributed by atoms with Crippen molar-refractivity contribution in [2.24, 2.45) is 5.92 Å². The number of hydrogen-bond acceptors (Lipinski definition) is 2. The molecule has 0 aliphatic rings. The van der Waals surface area contributed by atoms with Crippen molar-refractivity contribution in [3.05, 3.63) is 35.2 Å². The monoisotopic (exact) mass is 285 g/mol. The average Bonchev–Trinajstić information content (AvgIpc) is 2.69. The van der Waals surface area contributed by atoms with Gasteiger partial charge in [0.25, 0.3) is 0 Å². The third kappa shape index (κ3) is 4.99. The van der Waals surface area contributed by atoms with Gasteiger partial charge in [-0.15, -0.1) is 6.58 Å². The van der Waals surface area contributed by atoms with Crippen LogP contribution in [0.3, 0.4) is 0 Å². The van der Waals surface area contributed by atoms with Crippen LogP contribution >= 0.6 is 15.9 Å². The Morgan fingerprint density at radius 2 is 2.38 bits per heavy atom. The Morgan fingerprint density at radius 1 is 1.56 bits per heavy atom. The van der Waals surface area contributed by atoms with Crippen molar-refractivity contribution in [1.29, 1.82) is 0 Å². The summed E-state index contributed by atoms with van der Waals surface area (Å²) in [6.07, 6.45) is 5.55. The number of halogens is 1. The topological polar surface area (TPSA) is 25.2 Å². The molecule has 16 heavy (non-hydrogen) atoms. The van der Waals surface area contributed by atoms with Crippen molar-refractivity contribution >= 4 is 15.9 Å². The third-order valence-electron chi connectivity index (χ3n) is 2.73. The standard InChI is InChI=1S/C13H20BrNO/c1-3-5-11(4-2)8-9-15-10-12-6-7-13(14)16-12/h3,6-7,11,15H,1,4-5,8-10H2,2H3. The molecule has 1 aromatic heterocycles. The van der Waals surface area contributed by atoms with Crippen molar-refractivity contribution in [2.45, 2.75) is 32.7 Å². The maximum Gasteiger partial charge on any atom is 0.169 e. The summed E-state index contributed by atoms with van der Waals surface area (Å²) in [6, 6.07) is 3.90. The number of hydrogen-bond donors (Lipinski definition) is 1. The molecule has 1 atom stereocenters. The van der Waals surface area contributed by atoms with Gasteiger partial charge in [0.1, 0.15) is 5.76 Å². The van der Waals surface area contributed by atoms with Gasteiger partial charge in [-0.25, -0.2) is 0 Å². The normalized spacial score (nSPS) is 12.6. The van der Waals surface area contributed by atoms with Crippen LogP contribution in [0.15, 0.2) is 33.9 Å². The predicted molar refractivity (Wildman–Crippen MR) is 71.3 cm³/mol. The molecule has 1 aromatic rings. The van der Waals surface area contributed by atoms with E-state index in [1.807, 2.05) is 18.2 Å². The molecule has 0 saturated carbocycles. The first-order valence-corrected chi connectivity index (χ1v) is 6.61. The minimum atomic E-state index is 0.758. The summed E-state index contributed by atoms with van der Waals surface area (Å²) < 4.78 is 6.20. The highest BCUT2D eigenvalue weighted by Gasteiger charge is 2.04. The molecule has 1 N–H and O–H groups in total. The minimum Gasteiger partial charge on any atom is -0.453 e. The summed E-state index contributed by atoms with van der Waals surface area (Å²) >= 11 is 3.29. The van der Waals surface area contributed by atoms with E-state index in [2.05, 4.69) is 34.7 Å². The summed E-state index contributed by atoms with van der Waals surface area (Å²) in [5.41, 5.74) is 0. The van der Waals surface area contributed by atoms with Crippen LogP contribution in [0.25, 0.3) is 0 Å². The van der Waals surface area contributed by atoms with E-state index in [9.17, 15) is 0 Å². The number of furan rings is 1. The van der Waals surface area contributed by atoms with Gasteiger partial charge in [-0.05, 0) is 53.4 Å². The lowest BCUT2D eigenvalue weighted by atomic mass is 9.99. The molecule has 3 heteroatoms. The van der Waals surface area contributed by atoms with E-state index in [-0.39, 0.29) is 0 Å². The van der Waals surface area contributed by atoms with Gasteiger partial charge in [-0.1, -0.05) is 19.4 Å². The molecule has 0 aliphatic carbocycles. The smallest absolute Gasteiger partial charge is 0.169 e. The number of rotatable bonds is 8. The van der Waals surface area contributed by atoms with Gasteiger partial charge in [-0.3, -0.25) is 0 Å². The molecule has 90 valence electrons. The molecule has 0 bridgehead atoms. The van der Waals surface area contributed by atoms with Gasteiger partial charge < -0.3 is 9.73 Å². The lowest BCUT2D eigenvalue weighted by Crippen LogP contribution is -2.17. The lowest BCUT2D eigenvalue weighted by molar-refractivity contribution is 0.429. The van der Waals surface area contributed by atoms with Crippen molar-refractivity contribution in [2.75, 3.05) is 6.54 Å². The molecular weight excluding hydrogens is 266 g/mol. The molecule has 0 spiro atoms. The average molecular weight is 286 g/mol. The molecule has 2 nitrogen and oxygen atoms in total. The zero-order valence-corrected chi connectivity index (χ0v) is 11.4. The Labute approximate surface area is 106 Å². The Kier molecular flexibility index (Phi) is 6.50. The minimum absolute atomic E-state index is 0.758. The Hall–Kier alpha value is -0.540. The first-order valence-electron chi connectivity index (χ1n) is 5.82. The van der Waals surface area contributed by atoms with Gasteiger partial charge in [0.15, 0.2) is 4.67 Å². The van der Waals surface area contributed by atoms with Crippen LogP contribution in [0.5, 0.6) is 0 Å². The van der Waals surface area contributed by atoms with Crippen LogP contribution in [0, 0.1) is 5.92 Å². The van der Waals surface area contributed by atoms with Gasteiger partial charge in [-0.2, -0.15) is 0 Å². The van der Waals surface area contributed by atoms with Crippen LogP contribution in [0.1, 0.15) is 31.9 Å². The molecule has 0 aromatic carbocycles. The van der Waals surface area contributed by atoms with Crippen LogP contribution in [0.2, 0.25) is 0 Å². The SMILES string of the molecule is C=CCC(CC)CCNCc1ccc(Br)o1. The molecule has 0 fully saturated rings. The predicted octanol–water partition coefficient (Wildman–Crippen LogP) is 4.12. The fourth-order valence-corrected chi connectivity index (χ4v) is 2.03. The Bertz CT molecular complexity index is 309. The third-order valence-corrected chi connectivity index (χ3v) is 3.16. The summed E-state index contributed by atoms with van der Waals surface area (Å²) in [5, 5.41) is 3.39. The second kappa shape index (κ2) is 7.69. The zero-order chi connectivity index (χ0) is 11.8. The maximum absolute atomic E-state index is 5.40. The largest absolute Gasteiger partial charge is 0.453 e. The van der Waals surface area contributed by atoms with Crippen molar-refractivity contribution in [3.8, 4) is 0 Å². The van der Waals surface area contributed by atoms with Crippen LogP contribution in [0.4, 0.5) is 0 Å². The molecule has 1 heterocycles. The quantitative estimate of drug-likeness (QED) is 0.574. The lowest BCUT2D eigenvalue weighted by Gasteiger charge is -2.12. The van der Waals surface area contributed by atoms with Gasteiger partial charge in [0.05, 0.1) is 6.54 Å². The van der Waals surface area contributed by atoms with E-state index >= 15 is 0 Å². The van der Waals surface area contributed by atoms with Crippen molar-refractivity contribution < 1.29 is 4.42 Å². The van der Waals surface area contributed by atoms with E-state index in [4.69, 9.17) is 4.42 Å². The molecule has 1 unspecified atom stereocenters. The van der Waals surface area contributed by atoms with E-state index in [0.29, 0.717) is 0 Å². The van der Waals surface area contributed by atoms with Crippen LogP contribution in [-0.2, 0) is 6.54 Å². The molecule has 0 saturated heterocycles. The summed E-state index contributed by atoms with van der Waals surface area (Å²) in [5.74, 6) is 1.73. The van der Waals surface area contributed by atoms with Crippen LogP contribution < -0.4 is 5.32 Å². The maximum atomic E-state index is 5.40. The van der Waals surface area contributed by atoms with E-state index < -0.39 is 0 Å². The highest BCUT2D eigenvalue weighted by Crippen LogP contribution is 2.14. The first-order chi connectivity index (χ1) is 7.76. The fraction of sp³-hybridized carbons (Fsp3) is 0.538. The van der Waals surface area contributed by atoms with Gasteiger partial charge in [0, 0.05) is 0 Å². The summed E-state index contributed by atoms with van der Waals surface area (Å²) in [4.78, 5) is 0. The highest BCUT2D eigenvalue weighted by molar-refractivity contribution is 9.10. The Balaban J connectivity index is 2.13. The summed E-state index contributed by atoms with van der Waals surface area (Å²) in [7, 11) is 0.